The lowest BCUT2D eigenvalue weighted by atomic mass is 9.67. The lowest BCUT2D eigenvalue weighted by molar-refractivity contribution is 0.0626. The van der Waals surface area contributed by atoms with E-state index in [-0.39, 0.29) is 17.9 Å². The SMILES string of the molecule is CC(OC(CC12CC3CC(C1)C(C3)C2)=C1CC1)[C@@H](C)C(=N)N=O. The number of hydrogen-bond acceptors (Lipinski definition) is 3. The van der Waals surface area contributed by atoms with Crippen LogP contribution in [-0.4, -0.2) is 11.9 Å². The molecule has 0 saturated heterocycles. The average Bonchev–Trinajstić information content (AvgIpc) is 3.29. The molecule has 126 valence electrons. The highest BCUT2D eigenvalue weighted by Crippen LogP contribution is 2.66. The number of amidine groups is 1. The first-order chi connectivity index (χ1) is 11.0. The average molecular weight is 316 g/mol. The zero-order valence-corrected chi connectivity index (χ0v) is 14.3. The first-order valence-electron chi connectivity index (χ1n) is 9.29. The molecule has 0 heterocycles. The normalized spacial score (nSPS) is 39.2. The third kappa shape index (κ3) is 2.74. The molecule has 4 heteroatoms. The lowest BCUT2D eigenvalue weighted by Gasteiger charge is -2.39. The predicted molar refractivity (Wildman–Crippen MR) is 90.1 cm³/mol. The minimum Gasteiger partial charge on any atom is -0.494 e. The number of rotatable bonds is 6. The quantitative estimate of drug-likeness (QED) is 0.323. The maximum absolute atomic E-state index is 10.6. The number of nitroso groups, excluding NO2 is 1. The standard InChI is InChI=1S/C19H28N2O2/c1-11(18(20)21-22)12(2)23-17(14-3-4-14)10-19-7-13-5-15(8-19)16(6-13)9-19/h11-13,15-16,20H,3-10H2,1-2H3/t11-,12?,13?,15?,16?,19?/m1/s1. The van der Waals surface area contributed by atoms with Gasteiger partial charge in [0.1, 0.15) is 6.10 Å². The van der Waals surface area contributed by atoms with Gasteiger partial charge in [-0.15, -0.1) is 4.91 Å². The summed E-state index contributed by atoms with van der Waals surface area (Å²) in [6, 6.07) is 0. The lowest BCUT2D eigenvalue weighted by Crippen LogP contribution is -2.30. The molecule has 0 radical (unpaired) electrons. The molecule has 0 aromatic rings. The van der Waals surface area contributed by atoms with Crippen LogP contribution in [0.1, 0.15) is 65.2 Å². The van der Waals surface area contributed by atoms with Crippen LogP contribution in [0.15, 0.2) is 16.5 Å². The predicted octanol–water partition coefficient (Wildman–Crippen LogP) is 5.04. The van der Waals surface area contributed by atoms with Gasteiger partial charge in [0.2, 0.25) is 0 Å². The summed E-state index contributed by atoms with van der Waals surface area (Å²) >= 11 is 0. The second-order valence-corrected chi connectivity index (χ2v) is 8.76. The summed E-state index contributed by atoms with van der Waals surface area (Å²) in [6.45, 7) is 3.84. The summed E-state index contributed by atoms with van der Waals surface area (Å²) < 4.78 is 6.30. The van der Waals surface area contributed by atoms with Crippen LogP contribution in [0.2, 0.25) is 0 Å². The van der Waals surface area contributed by atoms with Crippen molar-refractivity contribution in [2.75, 3.05) is 0 Å². The molecule has 5 rings (SSSR count). The minimum atomic E-state index is -0.240. The molecule has 5 aliphatic rings. The van der Waals surface area contributed by atoms with Crippen LogP contribution in [0.4, 0.5) is 0 Å². The fraction of sp³-hybridized carbons (Fsp3) is 0.842. The second kappa shape index (κ2) is 5.42. The molecule has 0 spiro atoms. The molecule has 23 heavy (non-hydrogen) atoms. The zero-order chi connectivity index (χ0) is 16.2. The van der Waals surface area contributed by atoms with Crippen LogP contribution in [0.25, 0.3) is 0 Å². The summed E-state index contributed by atoms with van der Waals surface area (Å²) in [6.07, 6.45) is 10.5. The molecule has 4 bridgehead atoms. The van der Waals surface area contributed by atoms with E-state index in [0.717, 1.165) is 24.2 Å². The van der Waals surface area contributed by atoms with Gasteiger partial charge in [0.25, 0.3) is 0 Å². The Morgan fingerprint density at radius 1 is 1.26 bits per heavy atom. The fourth-order valence-electron chi connectivity index (χ4n) is 5.76. The van der Waals surface area contributed by atoms with E-state index in [4.69, 9.17) is 10.1 Å². The third-order valence-corrected chi connectivity index (χ3v) is 7.04. The van der Waals surface area contributed by atoms with E-state index in [1.165, 1.54) is 56.3 Å². The molecule has 0 aromatic heterocycles. The highest BCUT2D eigenvalue weighted by molar-refractivity contribution is 5.82. The van der Waals surface area contributed by atoms with Crippen LogP contribution in [0.5, 0.6) is 0 Å². The van der Waals surface area contributed by atoms with E-state index in [9.17, 15) is 4.91 Å². The van der Waals surface area contributed by atoms with Crippen LogP contribution in [-0.2, 0) is 4.74 Å². The maximum Gasteiger partial charge on any atom is 0.172 e. The summed E-state index contributed by atoms with van der Waals surface area (Å²) in [7, 11) is 0. The van der Waals surface area contributed by atoms with Crippen LogP contribution in [0.3, 0.4) is 0 Å². The van der Waals surface area contributed by atoms with Crippen molar-refractivity contribution in [1.29, 1.82) is 5.41 Å². The molecular weight excluding hydrogens is 288 g/mol. The Bertz CT molecular complexity index is 542. The van der Waals surface area contributed by atoms with Gasteiger partial charge in [-0.05, 0) is 85.8 Å². The molecule has 5 saturated carbocycles. The van der Waals surface area contributed by atoms with Crippen molar-refractivity contribution in [3.8, 4) is 0 Å². The first kappa shape index (κ1) is 15.3. The maximum atomic E-state index is 10.6. The van der Waals surface area contributed by atoms with Crippen LogP contribution < -0.4 is 0 Å². The van der Waals surface area contributed by atoms with E-state index in [2.05, 4.69) is 5.18 Å². The van der Waals surface area contributed by atoms with Crippen molar-refractivity contribution < 1.29 is 4.74 Å². The molecule has 0 aromatic carbocycles. The van der Waals surface area contributed by atoms with Gasteiger partial charge in [-0.1, -0.05) is 6.92 Å². The van der Waals surface area contributed by atoms with Gasteiger partial charge in [0, 0.05) is 6.42 Å². The number of allylic oxidation sites excluding steroid dienone is 2. The van der Waals surface area contributed by atoms with Crippen LogP contribution in [0, 0.1) is 39.4 Å². The van der Waals surface area contributed by atoms with Crippen LogP contribution >= 0.6 is 0 Å². The van der Waals surface area contributed by atoms with Crippen molar-refractivity contribution in [1.82, 2.24) is 0 Å². The Morgan fingerprint density at radius 3 is 2.43 bits per heavy atom. The highest BCUT2D eigenvalue weighted by Gasteiger charge is 2.56. The molecule has 1 N–H and O–H groups in total. The number of ether oxygens (including phenoxy) is 1. The Labute approximate surface area is 138 Å². The summed E-state index contributed by atoms with van der Waals surface area (Å²) in [4.78, 5) is 10.6. The van der Waals surface area contributed by atoms with E-state index in [1.54, 1.807) is 0 Å². The second-order valence-electron chi connectivity index (χ2n) is 8.76. The highest BCUT2D eigenvalue weighted by atomic mass is 16.5. The molecule has 5 aliphatic carbocycles. The Kier molecular flexibility index (Phi) is 3.62. The molecular formula is C19H28N2O2. The number of nitrogens with zero attached hydrogens (tertiary/aromatic N) is 1. The van der Waals surface area contributed by atoms with E-state index in [1.807, 2.05) is 13.8 Å². The molecule has 0 amide bonds. The monoisotopic (exact) mass is 316 g/mol. The van der Waals surface area contributed by atoms with Crippen molar-refractivity contribution in [3.63, 3.8) is 0 Å². The molecule has 4 nitrogen and oxygen atoms in total. The van der Waals surface area contributed by atoms with Gasteiger partial charge < -0.3 is 4.74 Å². The summed E-state index contributed by atoms with van der Waals surface area (Å²) in [5, 5.41) is 10.4. The summed E-state index contributed by atoms with van der Waals surface area (Å²) in [5.74, 6) is 3.81. The Balaban J connectivity index is 1.45. The van der Waals surface area contributed by atoms with Gasteiger partial charge in [-0.3, -0.25) is 5.41 Å². The van der Waals surface area contributed by atoms with Gasteiger partial charge >= 0.3 is 0 Å². The van der Waals surface area contributed by atoms with Gasteiger partial charge in [-0.25, -0.2) is 0 Å². The first-order valence-corrected chi connectivity index (χ1v) is 9.29. The van der Waals surface area contributed by atoms with Gasteiger partial charge in [-0.2, -0.15) is 0 Å². The van der Waals surface area contributed by atoms with Crippen molar-refractivity contribution in [3.05, 3.63) is 16.2 Å². The van der Waals surface area contributed by atoms with Crippen molar-refractivity contribution in [2.24, 2.45) is 34.3 Å². The van der Waals surface area contributed by atoms with Crippen molar-refractivity contribution >= 4 is 5.84 Å². The summed E-state index contributed by atoms with van der Waals surface area (Å²) in [5.41, 5.74) is 1.98. The van der Waals surface area contributed by atoms with E-state index < -0.39 is 0 Å². The topological polar surface area (TPSA) is 62.5 Å². The van der Waals surface area contributed by atoms with Crippen molar-refractivity contribution in [2.45, 2.75) is 71.3 Å². The Hall–Kier alpha value is -1.19. The third-order valence-electron chi connectivity index (χ3n) is 7.04. The Morgan fingerprint density at radius 2 is 1.91 bits per heavy atom. The molecule has 3 unspecified atom stereocenters. The van der Waals surface area contributed by atoms with E-state index >= 15 is 0 Å². The smallest absolute Gasteiger partial charge is 0.172 e. The largest absolute Gasteiger partial charge is 0.494 e. The number of nitrogens with one attached hydrogen (secondary N) is 1. The minimum absolute atomic E-state index is 0.101. The number of hydrogen-bond donors (Lipinski definition) is 1. The van der Waals surface area contributed by atoms with E-state index in [0.29, 0.717) is 5.41 Å². The molecule has 0 aliphatic heterocycles. The van der Waals surface area contributed by atoms with Gasteiger partial charge in [0.05, 0.1) is 11.7 Å². The fourth-order valence-corrected chi connectivity index (χ4v) is 5.76. The molecule has 4 atom stereocenters. The van der Waals surface area contributed by atoms with Gasteiger partial charge in [0.15, 0.2) is 5.84 Å². The molecule has 5 fully saturated rings. The zero-order valence-electron chi connectivity index (χ0n) is 14.3.